The summed E-state index contributed by atoms with van der Waals surface area (Å²) in [7, 11) is -4.08. The fourth-order valence-corrected chi connectivity index (χ4v) is 6.99. The predicted octanol–water partition coefficient (Wildman–Crippen LogP) is 1.50. The van der Waals surface area contributed by atoms with Crippen molar-refractivity contribution in [3.8, 4) is 0 Å². The molecule has 0 radical (unpaired) electrons. The topological polar surface area (TPSA) is 169 Å². The van der Waals surface area contributed by atoms with Crippen LogP contribution >= 0.6 is 11.3 Å². The molecule has 2 aliphatic rings. The Balaban J connectivity index is 1.66. The Morgan fingerprint density at radius 2 is 1.91 bits per heavy atom. The highest BCUT2D eigenvalue weighted by Gasteiger charge is 2.45. The standard InChI is InChI=1S/C20H25N5O7S2/c21-13-4-6-14(7-5-13)22-18(26)19-23(20(27)15-8-9-16(32-15)25(28)29)10-2-11-24(19)34(30,31)17-3-1-12-33-17/h1,3,8-9,12-14,19H,2,4-7,10-11,21H2,(H,22,26). The van der Waals surface area contributed by atoms with Crippen molar-refractivity contribution in [2.45, 2.75) is 54.6 Å². The van der Waals surface area contributed by atoms with Crippen molar-refractivity contribution < 1.29 is 27.3 Å². The third-order valence-corrected chi connectivity index (χ3v) is 9.23. The molecular formula is C20H25N5O7S2. The van der Waals surface area contributed by atoms with Gasteiger partial charge in [-0.25, -0.2) is 8.42 Å². The van der Waals surface area contributed by atoms with Gasteiger partial charge in [-0.15, -0.1) is 11.3 Å². The second-order valence-electron chi connectivity index (χ2n) is 8.29. The van der Waals surface area contributed by atoms with E-state index in [2.05, 4.69) is 5.32 Å². The number of sulfonamides is 1. The lowest BCUT2D eigenvalue weighted by Crippen LogP contribution is -2.64. The van der Waals surface area contributed by atoms with E-state index in [4.69, 9.17) is 10.2 Å². The molecule has 1 aliphatic carbocycles. The van der Waals surface area contributed by atoms with Gasteiger partial charge in [0.2, 0.25) is 0 Å². The summed E-state index contributed by atoms with van der Waals surface area (Å²) in [5.74, 6) is -2.40. The molecule has 2 aromatic rings. The molecule has 184 valence electrons. The number of carbonyl (C=O) groups excluding carboxylic acids is 2. The van der Waals surface area contributed by atoms with Crippen molar-refractivity contribution in [3.05, 3.63) is 45.5 Å². The zero-order valence-corrected chi connectivity index (χ0v) is 19.8. The number of carbonyl (C=O) groups is 2. The van der Waals surface area contributed by atoms with Crippen LogP contribution in [0.1, 0.15) is 42.7 Å². The van der Waals surface area contributed by atoms with Gasteiger partial charge in [-0.05, 0) is 49.6 Å². The molecule has 1 saturated carbocycles. The lowest BCUT2D eigenvalue weighted by atomic mass is 9.92. The van der Waals surface area contributed by atoms with Crippen LogP contribution in [0, 0.1) is 10.1 Å². The Labute approximate surface area is 199 Å². The Morgan fingerprint density at radius 3 is 2.53 bits per heavy atom. The summed E-state index contributed by atoms with van der Waals surface area (Å²) in [5.41, 5.74) is 5.94. The smallest absolute Gasteiger partial charge is 0.395 e. The normalized spacial score (nSPS) is 24.0. The van der Waals surface area contributed by atoms with E-state index >= 15 is 0 Å². The third kappa shape index (κ3) is 4.85. The van der Waals surface area contributed by atoms with E-state index in [1.807, 2.05) is 0 Å². The van der Waals surface area contributed by atoms with Crippen LogP contribution in [0.5, 0.6) is 0 Å². The highest BCUT2D eigenvalue weighted by Crippen LogP contribution is 2.29. The lowest BCUT2D eigenvalue weighted by Gasteiger charge is -2.42. The number of hydrogen-bond donors (Lipinski definition) is 2. The first-order chi connectivity index (χ1) is 16.2. The molecule has 12 nitrogen and oxygen atoms in total. The lowest BCUT2D eigenvalue weighted by molar-refractivity contribution is -0.402. The van der Waals surface area contributed by atoms with E-state index in [0.717, 1.165) is 45.5 Å². The second kappa shape index (κ2) is 9.82. The van der Waals surface area contributed by atoms with Crippen molar-refractivity contribution in [2.24, 2.45) is 5.73 Å². The second-order valence-corrected chi connectivity index (χ2v) is 11.4. The minimum absolute atomic E-state index is 0.0376. The van der Waals surface area contributed by atoms with Crippen molar-refractivity contribution >= 4 is 39.1 Å². The fraction of sp³-hybridized carbons (Fsp3) is 0.500. The number of nitrogens with zero attached hydrogens (tertiary/aromatic N) is 3. The predicted molar refractivity (Wildman–Crippen MR) is 121 cm³/mol. The van der Waals surface area contributed by atoms with Gasteiger partial charge < -0.3 is 20.4 Å². The summed E-state index contributed by atoms with van der Waals surface area (Å²) in [4.78, 5) is 38.0. The average Bonchev–Trinajstić information content (AvgIpc) is 3.52. The van der Waals surface area contributed by atoms with Crippen molar-refractivity contribution in [3.63, 3.8) is 0 Å². The number of nitrogens with one attached hydrogen (secondary N) is 1. The number of amides is 2. The SMILES string of the molecule is NC1CCC(NC(=O)C2N(C(=O)c3ccc([N+](=O)[O-])o3)CCCN2S(=O)(=O)c2cccs2)CC1. The van der Waals surface area contributed by atoms with Crippen molar-refractivity contribution in [1.82, 2.24) is 14.5 Å². The van der Waals surface area contributed by atoms with Crippen LogP contribution in [0.2, 0.25) is 0 Å². The molecule has 2 aromatic heterocycles. The Bertz CT molecular complexity index is 1160. The molecule has 1 unspecified atom stereocenters. The number of hydrogen-bond acceptors (Lipinski definition) is 9. The van der Waals surface area contributed by atoms with E-state index in [1.165, 1.54) is 6.07 Å². The first-order valence-corrected chi connectivity index (χ1v) is 13.2. The van der Waals surface area contributed by atoms with Gasteiger partial charge in [0.05, 0.1) is 6.07 Å². The summed E-state index contributed by atoms with van der Waals surface area (Å²) in [6, 6.07) is 5.08. The summed E-state index contributed by atoms with van der Waals surface area (Å²) < 4.78 is 32.9. The molecule has 1 saturated heterocycles. The molecule has 1 atom stereocenters. The molecule has 1 aliphatic heterocycles. The summed E-state index contributed by atoms with van der Waals surface area (Å²) in [6.07, 6.45) is 1.57. The maximum Gasteiger partial charge on any atom is 0.433 e. The van der Waals surface area contributed by atoms with Gasteiger partial charge in [0.15, 0.2) is 11.9 Å². The van der Waals surface area contributed by atoms with E-state index in [9.17, 15) is 28.1 Å². The maximum atomic E-state index is 13.5. The van der Waals surface area contributed by atoms with Crippen LogP contribution in [-0.2, 0) is 14.8 Å². The van der Waals surface area contributed by atoms with Crippen LogP contribution in [0.25, 0.3) is 0 Å². The minimum atomic E-state index is -4.08. The number of nitrogens with two attached hydrogens (primary N) is 1. The maximum absolute atomic E-state index is 13.5. The Kier molecular flexibility index (Phi) is 7.02. The molecule has 0 bridgehead atoms. The molecule has 0 spiro atoms. The van der Waals surface area contributed by atoms with Gasteiger partial charge in [-0.1, -0.05) is 6.07 Å². The zero-order chi connectivity index (χ0) is 24.5. The first-order valence-electron chi connectivity index (χ1n) is 10.8. The molecule has 3 N–H and O–H groups in total. The number of rotatable bonds is 6. The number of nitro groups is 1. The van der Waals surface area contributed by atoms with Gasteiger partial charge >= 0.3 is 5.88 Å². The van der Waals surface area contributed by atoms with E-state index < -0.39 is 38.8 Å². The van der Waals surface area contributed by atoms with Gasteiger partial charge in [-0.2, -0.15) is 4.31 Å². The van der Waals surface area contributed by atoms with Gasteiger partial charge in [0.25, 0.3) is 21.8 Å². The van der Waals surface area contributed by atoms with Crippen LogP contribution in [0.3, 0.4) is 0 Å². The third-order valence-electron chi connectivity index (χ3n) is 6.00. The molecule has 2 amide bonds. The molecule has 2 fully saturated rings. The van der Waals surface area contributed by atoms with Gasteiger partial charge in [0.1, 0.15) is 9.13 Å². The highest BCUT2D eigenvalue weighted by molar-refractivity contribution is 7.91. The Hall–Kier alpha value is -2.81. The summed E-state index contributed by atoms with van der Waals surface area (Å²) in [5, 5.41) is 15.5. The monoisotopic (exact) mass is 511 g/mol. The highest BCUT2D eigenvalue weighted by atomic mass is 32.2. The molecular weight excluding hydrogens is 486 g/mol. The quantitative estimate of drug-likeness (QED) is 0.434. The van der Waals surface area contributed by atoms with Crippen molar-refractivity contribution in [1.29, 1.82) is 0 Å². The van der Waals surface area contributed by atoms with Crippen LogP contribution in [-0.4, -0.2) is 65.7 Å². The first kappa shape index (κ1) is 24.3. The molecule has 0 aromatic carbocycles. The van der Waals surface area contributed by atoms with E-state index in [-0.39, 0.29) is 41.6 Å². The van der Waals surface area contributed by atoms with Gasteiger partial charge in [0, 0.05) is 25.2 Å². The van der Waals surface area contributed by atoms with E-state index in [0.29, 0.717) is 12.8 Å². The average molecular weight is 512 g/mol. The van der Waals surface area contributed by atoms with Gasteiger partial charge in [-0.3, -0.25) is 19.7 Å². The van der Waals surface area contributed by atoms with Crippen LogP contribution in [0.15, 0.2) is 38.3 Å². The fourth-order valence-electron chi connectivity index (χ4n) is 4.28. The minimum Gasteiger partial charge on any atom is -0.395 e. The summed E-state index contributed by atoms with van der Waals surface area (Å²) in [6.45, 7) is 0.118. The molecule has 34 heavy (non-hydrogen) atoms. The van der Waals surface area contributed by atoms with E-state index in [1.54, 1.807) is 11.4 Å². The molecule has 4 rings (SSSR count). The zero-order valence-electron chi connectivity index (χ0n) is 18.2. The molecule has 3 heterocycles. The molecule has 14 heteroatoms. The van der Waals surface area contributed by atoms with Crippen LogP contribution in [0.4, 0.5) is 5.88 Å². The number of thiophene rings is 1. The van der Waals surface area contributed by atoms with Crippen molar-refractivity contribution in [2.75, 3.05) is 13.1 Å². The summed E-state index contributed by atoms with van der Waals surface area (Å²) >= 11 is 1.01. The van der Waals surface area contributed by atoms with Crippen LogP contribution < -0.4 is 11.1 Å². The number of furan rings is 1. The Morgan fingerprint density at radius 1 is 1.18 bits per heavy atom. The largest absolute Gasteiger partial charge is 0.433 e.